The Morgan fingerprint density at radius 3 is 2.70 bits per heavy atom. The molecule has 1 N–H and O–H groups in total. The van der Waals surface area contributed by atoms with Gasteiger partial charge in [-0.3, -0.25) is 4.79 Å². The smallest absolute Gasteiger partial charge is 0.232 e. The van der Waals surface area contributed by atoms with Crippen molar-refractivity contribution in [3.8, 4) is 0 Å². The number of rotatable bonds is 4. The van der Waals surface area contributed by atoms with Gasteiger partial charge in [0.05, 0.1) is 0 Å². The largest absolute Gasteiger partial charge is 0.312 e. The summed E-state index contributed by atoms with van der Waals surface area (Å²) in [6, 6.07) is 8.66. The molecule has 2 rings (SSSR count). The molecule has 0 aromatic heterocycles. The van der Waals surface area contributed by atoms with Crippen molar-refractivity contribution in [1.82, 2.24) is 5.32 Å². The number of nitrogens with one attached hydrogen (secondary N) is 1. The Bertz CT molecular complexity index is 482. The first-order valence-electron chi connectivity index (χ1n) is 7.65. The molecule has 0 spiro atoms. The third-order valence-electron chi connectivity index (χ3n) is 4.40. The molecule has 1 aliphatic heterocycles. The summed E-state index contributed by atoms with van der Waals surface area (Å²) in [6.07, 6.45) is 1.84. The highest BCUT2D eigenvalue weighted by Gasteiger charge is 2.35. The van der Waals surface area contributed by atoms with Crippen LogP contribution in [0.3, 0.4) is 0 Å². The van der Waals surface area contributed by atoms with E-state index in [0.717, 1.165) is 31.6 Å². The fourth-order valence-corrected chi connectivity index (χ4v) is 2.75. The van der Waals surface area contributed by atoms with Gasteiger partial charge in [-0.05, 0) is 31.0 Å². The van der Waals surface area contributed by atoms with Crippen LogP contribution in [0.25, 0.3) is 0 Å². The Hall–Kier alpha value is -1.35. The van der Waals surface area contributed by atoms with E-state index in [1.165, 1.54) is 5.56 Å². The van der Waals surface area contributed by atoms with Gasteiger partial charge in [0.1, 0.15) is 0 Å². The molecule has 1 amide bonds. The summed E-state index contributed by atoms with van der Waals surface area (Å²) < 4.78 is 0. The van der Waals surface area contributed by atoms with Crippen molar-refractivity contribution in [3.63, 3.8) is 0 Å². The molecule has 0 fully saturated rings. The molecular weight excluding hydrogens is 248 g/mol. The summed E-state index contributed by atoms with van der Waals surface area (Å²) >= 11 is 0. The maximum atomic E-state index is 12.8. The summed E-state index contributed by atoms with van der Waals surface area (Å²) in [5.41, 5.74) is 2.04. The van der Waals surface area contributed by atoms with E-state index in [1.54, 1.807) is 0 Å². The number of nitrogens with zero attached hydrogens (tertiary/aromatic N) is 1. The minimum atomic E-state index is -0.294. The Labute approximate surface area is 122 Å². The minimum Gasteiger partial charge on any atom is -0.312 e. The topological polar surface area (TPSA) is 32.3 Å². The molecule has 0 bridgehead atoms. The van der Waals surface area contributed by atoms with E-state index in [-0.39, 0.29) is 11.3 Å². The van der Waals surface area contributed by atoms with Crippen molar-refractivity contribution in [1.29, 1.82) is 0 Å². The SMILES string of the molecule is CCNC1CCN(C(=O)C(C)(C)CC)c2ccccc21. The second kappa shape index (κ2) is 5.96. The van der Waals surface area contributed by atoms with Gasteiger partial charge in [0.2, 0.25) is 5.91 Å². The number of carbonyl (C=O) groups is 1. The van der Waals surface area contributed by atoms with E-state index < -0.39 is 0 Å². The molecule has 110 valence electrons. The maximum absolute atomic E-state index is 12.8. The lowest BCUT2D eigenvalue weighted by Gasteiger charge is -2.38. The molecule has 3 nitrogen and oxygen atoms in total. The van der Waals surface area contributed by atoms with Gasteiger partial charge >= 0.3 is 0 Å². The number of benzene rings is 1. The summed E-state index contributed by atoms with van der Waals surface area (Å²) in [6.45, 7) is 10.0. The standard InChI is InChI=1S/C17H26N2O/c1-5-17(3,4)16(20)19-12-11-14(18-6-2)13-9-7-8-10-15(13)19/h7-10,14,18H,5-6,11-12H2,1-4H3. The third kappa shape index (κ3) is 2.73. The van der Waals surface area contributed by atoms with Gasteiger partial charge < -0.3 is 10.2 Å². The van der Waals surface area contributed by atoms with Crippen LogP contribution in [0.15, 0.2) is 24.3 Å². The quantitative estimate of drug-likeness (QED) is 0.911. The molecule has 1 aromatic rings. The number of anilines is 1. The molecule has 20 heavy (non-hydrogen) atoms. The first-order valence-corrected chi connectivity index (χ1v) is 7.65. The predicted molar refractivity (Wildman–Crippen MR) is 83.9 cm³/mol. The van der Waals surface area contributed by atoms with Gasteiger partial charge in [-0.15, -0.1) is 0 Å². The zero-order valence-corrected chi connectivity index (χ0v) is 13.1. The van der Waals surface area contributed by atoms with Crippen molar-refractivity contribution < 1.29 is 4.79 Å². The van der Waals surface area contributed by atoms with Crippen molar-refractivity contribution >= 4 is 11.6 Å². The molecule has 0 aliphatic carbocycles. The van der Waals surface area contributed by atoms with Crippen molar-refractivity contribution in [2.45, 2.75) is 46.6 Å². The number of hydrogen-bond acceptors (Lipinski definition) is 2. The van der Waals surface area contributed by atoms with Crippen LogP contribution in [0, 0.1) is 5.41 Å². The van der Waals surface area contributed by atoms with Gasteiger partial charge in [0, 0.05) is 23.7 Å². The fraction of sp³-hybridized carbons (Fsp3) is 0.588. The summed E-state index contributed by atoms with van der Waals surface area (Å²) in [4.78, 5) is 14.8. The van der Waals surface area contributed by atoms with E-state index in [2.05, 4.69) is 37.4 Å². The Balaban J connectivity index is 2.34. The molecule has 0 radical (unpaired) electrons. The predicted octanol–water partition coefficient (Wildman–Crippen LogP) is 3.51. The highest BCUT2D eigenvalue weighted by molar-refractivity contribution is 5.98. The molecule has 3 heteroatoms. The second-order valence-corrected chi connectivity index (χ2v) is 6.15. The molecule has 1 unspecified atom stereocenters. The van der Waals surface area contributed by atoms with E-state index in [9.17, 15) is 4.79 Å². The van der Waals surface area contributed by atoms with Gasteiger partial charge in [-0.1, -0.05) is 45.9 Å². The van der Waals surface area contributed by atoms with Crippen LogP contribution in [0.4, 0.5) is 5.69 Å². The number of amides is 1. The van der Waals surface area contributed by atoms with E-state index in [4.69, 9.17) is 0 Å². The minimum absolute atomic E-state index is 0.238. The lowest BCUT2D eigenvalue weighted by Crippen LogP contribution is -2.45. The summed E-state index contributed by atoms with van der Waals surface area (Å²) in [7, 11) is 0. The van der Waals surface area contributed by atoms with Gasteiger partial charge in [-0.2, -0.15) is 0 Å². The van der Waals surface area contributed by atoms with E-state index in [1.807, 2.05) is 24.8 Å². The van der Waals surface area contributed by atoms with Crippen molar-refractivity contribution in [3.05, 3.63) is 29.8 Å². The normalized spacial score (nSPS) is 18.8. The molecule has 1 aromatic carbocycles. The zero-order chi connectivity index (χ0) is 14.8. The number of fused-ring (bicyclic) bond motifs is 1. The first-order chi connectivity index (χ1) is 9.51. The van der Waals surface area contributed by atoms with Crippen LogP contribution >= 0.6 is 0 Å². The molecular formula is C17H26N2O. The van der Waals surface area contributed by atoms with E-state index >= 15 is 0 Å². The Kier molecular flexibility index (Phi) is 4.48. The average Bonchev–Trinajstić information content (AvgIpc) is 2.47. The molecule has 1 aliphatic rings. The lowest BCUT2D eigenvalue weighted by atomic mass is 9.86. The molecule has 0 saturated heterocycles. The zero-order valence-electron chi connectivity index (χ0n) is 13.1. The number of carbonyl (C=O) groups excluding carboxylic acids is 1. The average molecular weight is 274 g/mol. The fourth-order valence-electron chi connectivity index (χ4n) is 2.75. The van der Waals surface area contributed by atoms with Crippen LogP contribution < -0.4 is 10.2 Å². The number of hydrogen-bond donors (Lipinski definition) is 1. The van der Waals surface area contributed by atoms with Crippen LogP contribution in [0.5, 0.6) is 0 Å². The van der Waals surface area contributed by atoms with Crippen LogP contribution in [0.1, 0.15) is 52.1 Å². The highest BCUT2D eigenvalue weighted by Crippen LogP contribution is 2.36. The third-order valence-corrected chi connectivity index (χ3v) is 4.40. The first kappa shape index (κ1) is 15.0. The van der Waals surface area contributed by atoms with Gasteiger partial charge in [0.25, 0.3) is 0 Å². The molecule has 1 heterocycles. The Morgan fingerprint density at radius 2 is 2.05 bits per heavy atom. The van der Waals surface area contributed by atoms with Crippen LogP contribution in [0.2, 0.25) is 0 Å². The maximum Gasteiger partial charge on any atom is 0.232 e. The van der Waals surface area contributed by atoms with E-state index in [0.29, 0.717) is 6.04 Å². The van der Waals surface area contributed by atoms with Gasteiger partial charge in [0.15, 0.2) is 0 Å². The monoisotopic (exact) mass is 274 g/mol. The number of para-hydroxylation sites is 1. The van der Waals surface area contributed by atoms with Crippen LogP contribution in [-0.2, 0) is 4.79 Å². The van der Waals surface area contributed by atoms with Crippen molar-refractivity contribution in [2.75, 3.05) is 18.0 Å². The molecule has 1 atom stereocenters. The Morgan fingerprint density at radius 1 is 1.35 bits per heavy atom. The van der Waals surface area contributed by atoms with Gasteiger partial charge in [-0.25, -0.2) is 0 Å². The second-order valence-electron chi connectivity index (χ2n) is 6.15. The summed E-state index contributed by atoms with van der Waals surface area (Å²) in [5, 5.41) is 3.51. The molecule has 0 saturated carbocycles. The lowest BCUT2D eigenvalue weighted by molar-refractivity contribution is -0.126. The summed E-state index contributed by atoms with van der Waals surface area (Å²) in [5.74, 6) is 0.238. The highest BCUT2D eigenvalue weighted by atomic mass is 16.2. The van der Waals surface area contributed by atoms with Crippen LogP contribution in [-0.4, -0.2) is 19.0 Å². The van der Waals surface area contributed by atoms with Crippen molar-refractivity contribution in [2.24, 2.45) is 5.41 Å².